The van der Waals surface area contributed by atoms with Crippen molar-refractivity contribution in [3.63, 3.8) is 0 Å². The Hall–Kier alpha value is -1.66. The van der Waals surface area contributed by atoms with Gasteiger partial charge in [-0.3, -0.25) is 9.88 Å². The van der Waals surface area contributed by atoms with Crippen LogP contribution < -0.4 is 5.32 Å². The molecule has 2 heterocycles. The molecule has 23 heavy (non-hydrogen) atoms. The Morgan fingerprint density at radius 2 is 1.83 bits per heavy atom. The van der Waals surface area contributed by atoms with E-state index in [0.29, 0.717) is 0 Å². The van der Waals surface area contributed by atoms with Crippen LogP contribution in [0.2, 0.25) is 0 Å². The van der Waals surface area contributed by atoms with Crippen molar-refractivity contribution in [2.75, 3.05) is 26.2 Å². The highest BCUT2D eigenvalue weighted by molar-refractivity contribution is 5.78. The van der Waals surface area contributed by atoms with Gasteiger partial charge in [-0.25, -0.2) is 0 Å². The minimum absolute atomic E-state index is 0.0504. The highest BCUT2D eigenvalue weighted by Gasteiger charge is 2.31. The summed E-state index contributed by atoms with van der Waals surface area (Å²) >= 11 is 0. The second-order valence-electron chi connectivity index (χ2n) is 5.88. The minimum Gasteiger partial charge on any atom is -0.314 e. The van der Waals surface area contributed by atoms with Crippen LogP contribution in [0.5, 0.6) is 0 Å². The normalized spacial score (nSPS) is 18.2. The van der Waals surface area contributed by atoms with E-state index < -0.39 is 12.6 Å². The average Bonchev–Trinajstić information content (AvgIpc) is 2.55. The number of fused-ring (bicyclic) bond motifs is 1. The molecule has 1 saturated heterocycles. The summed E-state index contributed by atoms with van der Waals surface area (Å²) in [7, 11) is 0. The SMILES string of the molecule is FC(F)(F)CC[C@H](c1ccc2ccccc2n1)N1CCNCC1. The number of hydrogen-bond acceptors (Lipinski definition) is 3. The Kier molecular flexibility index (Phi) is 4.82. The number of benzene rings is 1. The molecule has 1 N–H and O–H groups in total. The van der Waals surface area contributed by atoms with Crippen LogP contribution in [0, 0.1) is 0 Å². The molecule has 1 aromatic heterocycles. The van der Waals surface area contributed by atoms with Crippen molar-refractivity contribution in [2.24, 2.45) is 0 Å². The van der Waals surface area contributed by atoms with Gasteiger partial charge < -0.3 is 5.32 Å². The largest absolute Gasteiger partial charge is 0.389 e. The second kappa shape index (κ2) is 6.84. The van der Waals surface area contributed by atoms with Gasteiger partial charge in [0, 0.05) is 38.0 Å². The molecule has 1 aromatic carbocycles. The molecular formula is C17H20F3N3. The molecule has 3 nitrogen and oxygen atoms in total. The quantitative estimate of drug-likeness (QED) is 0.933. The Bertz CT molecular complexity index is 651. The molecule has 1 atom stereocenters. The number of aromatic nitrogens is 1. The molecule has 2 aromatic rings. The second-order valence-corrected chi connectivity index (χ2v) is 5.88. The van der Waals surface area contributed by atoms with Crippen LogP contribution in [-0.2, 0) is 0 Å². The Labute approximate surface area is 133 Å². The number of hydrogen-bond donors (Lipinski definition) is 1. The van der Waals surface area contributed by atoms with Crippen LogP contribution in [0.25, 0.3) is 10.9 Å². The van der Waals surface area contributed by atoms with E-state index >= 15 is 0 Å². The molecule has 0 unspecified atom stereocenters. The fraction of sp³-hybridized carbons (Fsp3) is 0.471. The zero-order chi connectivity index (χ0) is 16.3. The van der Waals surface area contributed by atoms with E-state index in [1.165, 1.54) is 0 Å². The highest BCUT2D eigenvalue weighted by atomic mass is 19.4. The number of pyridine rings is 1. The minimum atomic E-state index is -4.14. The molecule has 0 bridgehead atoms. The van der Waals surface area contributed by atoms with Crippen LogP contribution in [-0.4, -0.2) is 42.2 Å². The number of halogens is 3. The summed E-state index contributed by atoms with van der Waals surface area (Å²) in [5.74, 6) is 0. The van der Waals surface area contributed by atoms with Gasteiger partial charge in [0.1, 0.15) is 0 Å². The topological polar surface area (TPSA) is 28.2 Å². The van der Waals surface area contributed by atoms with Gasteiger partial charge in [-0.05, 0) is 18.6 Å². The van der Waals surface area contributed by atoms with Crippen LogP contribution >= 0.6 is 0 Å². The summed E-state index contributed by atoms with van der Waals surface area (Å²) in [6.07, 6.45) is -4.87. The maximum atomic E-state index is 12.7. The lowest BCUT2D eigenvalue weighted by Gasteiger charge is -2.35. The Morgan fingerprint density at radius 3 is 2.57 bits per heavy atom. The first kappa shape index (κ1) is 16.2. The van der Waals surface area contributed by atoms with Gasteiger partial charge in [0.15, 0.2) is 0 Å². The average molecular weight is 323 g/mol. The summed E-state index contributed by atoms with van der Waals surface area (Å²) in [4.78, 5) is 6.73. The number of nitrogens with zero attached hydrogens (tertiary/aromatic N) is 2. The molecule has 0 spiro atoms. The molecule has 0 amide bonds. The number of rotatable bonds is 4. The Morgan fingerprint density at radius 1 is 1.09 bits per heavy atom. The molecule has 0 saturated carbocycles. The first-order valence-corrected chi connectivity index (χ1v) is 7.90. The Balaban J connectivity index is 1.88. The van der Waals surface area contributed by atoms with Crippen LogP contribution in [0.15, 0.2) is 36.4 Å². The molecular weight excluding hydrogens is 303 g/mol. The third-order valence-electron chi connectivity index (χ3n) is 4.25. The lowest BCUT2D eigenvalue weighted by molar-refractivity contribution is -0.138. The number of para-hydroxylation sites is 1. The van der Waals surface area contributed by atoms with E-state index in [-0.39, 0.29) is 12.5 Å². The standard InChI is InChI=1S/C17H20F3N3/c18-17(19,20)8-7-16(23-11-9-21-10-12-23)15-6-5-13-3-1-2-4-14(13)22-15/h1-6,16,21H,7-12H2/t16-/m1/s1. The maximum absolute atomic E-state index is 12.7. The van der Waals surface area contributed by atoms with Crippen LogP contribution in [0.3, 0.4) is 0 Å². The van der Waals surface area contributed by atoms with Gasteiger partial charge in [-0.2, -0.15) is 13.2 Å². The van der Waals surface area contributed by atoms with E-state index in [2.05, 4.69) is 15.2 Å². The third-order valence-corrected chi connectivity index (χ3v) is 4.25. The molecule has 0 radical (unpaired) electrons. The summed E-state index contributed by atoms with van der Waals surface area (Å²) in [5.41, 5.74) is 1.56. The van der Waals surface area contributed by atoms with Gasteiger partial charge in [0.05, 0.1) is 17.3 Å². The zero-order valence-electron chi connectivity index (χ0n) is 12.8. The smallest absolute Gasteiger partial charge is 0.314 e. The summed E-state index contributed by atoms with van der Waals surface area (Å²) < 4.78 is 38.1. The van der Waals surface area contributed by atoms with Crippen molar-refractivity contribution in [3.8, 4) is 0 Å². The van der Waals surface area contributed by atoms with Crippen molar-refractivity contribution in [1.82, 2.24) is 15.2 Å². The lowest BCUT2D eigenvalue weighted by Crippen LogP contribution is -2.45. The van der Waals surface area contributed by atoms with Gasteiger partial charge in [0.25, 0.3) is 0 Å². The van der Waals surface area contributed by atoms with Crippen molar-refractivity contribution < 1.29 is 13.2 Å². The number of nitrogens with one attached hydrogen (secondary N) is 1. The van der Waals surface area contributed by atoms with Gasteiger partial charge >= 0.3 is 6.18 Å². The first-order valence-electron chi connectivity index (χ1n) is 7.90. The molecule has 1 aliphatic rings. The van der Waals surface area contributed by atoms with E-state index in [4.69, 9.17) is 0 Å². The molecule has 0 aliphatic carbocycles. The van der Waals surface area contributed by atoms with Gasteiger partial charge in [-0.15, -0.1) is 0 Å². The first-order chi connectivity index (χ1) is 11.0. The van der Waals surface area contributed by atoms with E-state index in [1.54, 1.807) is 0 Å². The molecule has 1 aliphatic heterocycles. The molecule has 124 valence electrons. The van der Waals surface area contributed by atoms with Crippen LogP contribution in [0.4, 0.5) is 13.2 Å². The summed E-state index contributed by atoms with van der Waals surface area (Å²) in [6.45, 7) is 3.10. The van der Waals surface area contributed by atoms with E-state index in [1.807, 2.05) is 36.4 Å². The van der Waals surface area contributed by atoms with Crippen molar-refractivity contribution in [2.45, 2.75) is 25.1 Å². The van der Waals surface area contributed by atoms with Crippen LogP contribution in [0.1, 0.15) is 24.6 Å². The monoisotopic (exact) mass is 323 g/mol. The fourth-order valence-electron chi connectivity index (χ4n) is 3.08. The highest BCUT2D eigenvalue weighted by Crippen LogP contribution is 2.31. The van der Waals surface area contributed by atoms with E-state index in [9.17, 15) is 13.2 Å². The predicted octanol–water partition coefficient (Wildman–Crippen LogP) is 3.52. The summed E-state index contributed by atoms with van der Waals surface area (Å²) in [5, 5.41) is 4.24. The lowest BCUT2D eigenvalue weighted by atomic mass is 10.0. The number of piperazine rings is 1. The molecule has 1 fully saturated rings. The maximum Gasteiger partial charge on any atom is 0.389 e. The van der Waals surface area contributed by atoms with Crippen molar-refractivity contribution >= 4 is 10.9 Å². The van der Waals surface area contributed by atoms with Gasteiger partial charge in [0.2, 0.25) is 0 Å². The molecule has 6 heteroatoms. The third kappa shape index (κ3) is 4.20. The fourth-order valence-corrected chi connectivity index (χ4v) is 3.08. The van der Waals surface area contributed by atoms with E-state index in [0.717, 1.165) is 42.8 Å². The summed E-state index contributed by atoms with van der Waals surface area (Å²) in [6, 6.07) is 11.2. The van der Waals surface area contributed by atoms with Crippen molar-refractivity contribution in [3.05, 3.63) is 42.1 Å². The van der Waals surface area contributed by atoms with Gasteiger partial charge in [-0.1, -0.05) is 24.3 Å². The predicted molar refractivity (Wildman–Crippen MR) is 84.2 cm³/mol. The number of alkyl halides is 3. The molecule has 3 rings (SSSR count). The zero-order valence-corrected chi connectivity index (χ0v) is 12.8. The van der Waals surface area contributed by atoms with Crippen molar-refractivity contribution in [1.29, 1.82) is 0 Å².